The number of nitrogens with one attached hydrogen (secondary N) is 1. The number of hydrogen-bond donors (Lipinski definition) is 1. The Balaban J connectivity index is 1.84. The highest BCUT2D eigenvalue weighted by molar-refractivity contribution is 5.33. The summed E-state index contributed by atoms with van der Waals surface area (Å²) in [6, 6.07) is 10.1. The molecule has 1 heterocycles. The lowest BCUT2D eigenvalue weighted by Crippen LogP contribution is -2.08. The molecule has 2 rings (SSSR count). The fourth-order valence-corrected chi connectivity index (χ4v) is 2.19. The molecule has 106 valence electrons. The molecule has 2 aromatic rings. The summed E-state index contributed by atoms with van der Waals surface area (Å²) in [6.45, 7) is 4.81. The molecule has 0 bridgehead atoms. The van der Waals surface area contributed by atoms with E-state index in [1.165, 1.54) is 5.56 Å². The first-order valence-corrected chi connectivity index (χ1v) is 6.87. The highest BCUT2D eigenvalue weighted by Gasteiger charge is 2.02. The molecule has 1 N–H and O–H groups in total. The molecule has 0 amide bonds. The average molecular weight is 271 g/mol. The number of aromatic nitrogens is 2. The van der Waals surface area contributed by atoms with E-state index in [1.54, 1.807) is 7.11 Å². The lowest BCUT2D eigenvalue weighted by molar-refractivity contribution is 0.409. The predicted octanol–water partition coefficient (Wildman–Crippen LogP) is 3.15. The van der Waals surface area contributed by atoms with Crippen molar-refractivity contribution in [3.63, 3.8) is 0 Å². The molecule has 1 aromatic heterocycles. The van der Waals surface area contributed by atoms with E-state index in [0.717, 1.165) is 36.5 Å². The zero-order valence-corrected chi connectivity index (χ0v) is 12.3. The third-order valence-corrected chi connectivity index (χ3v) is 3.08. The Morgan fingerprint density at radius 3 is 2.50 bits per heavy atom. The second-order valence-electron chi connectivity index (χ2n) is 4.82. The van der Waals surface area contributed by atoms with Gasteiger partial charge in [0.2, 0.25) is 5.95 Å². The Labute approximate surface area is 120 Å². The van der Waals surface area contributed by atoms with Gasteiger partial charge < -0.3 is 10.1 Å². The topological polar surface area (TPSA) is 47.0 Å². The van der Waals surface area contributed by atoms with Crippen molar-refractivity contribution in [1.82, 2.24) is 9.97 Å². The molecule has 0 saturated carbocycles. The number of benzene rings is 1. The minimum absolute atomic E-state index is 0.711. The van der Waals surface area contributed by atoms with Gasteiger partial charge in [-0.1, -0.05) is 18.2 Å². The van der Waals surface area contributed by atoms with E-state index in [0.29, 0.717) is 5.95 Å². The first-order chi connectivity index (χ1) is 9.69. The SMILES string of the molecule is COc1ccccc1CCCNc1nc(C)cc(C)n1. The van der Waals surface area contributed by atoms with E-state index < -0.39 is 0 Å². The van der Waals surface area contributed by atoms with Gasteiger partial charge >= 0.3 is 0 Å². The van der Waals surface area contributed by atoms with Gasteiger partial charge in [0, 0.05) is 17.9 Å². The van der Waals surface area contributed by atoms with Gasteiger partial charge in [0.1, 0.15) is 5.75 Å². The zero-order chi connectivity index (χ0) is 14.4. The fourth-order valence-electron chi connectivity index (χ4n) is 2.19. The summed E-state index contributed by atoms with van der Waals surface area (Å²) in [6.07, 6.45) is 1.98. The summed E-state index contributed by atoms with van der Waals surface area (Å²) in [5, 5.41) is 3.27. The third-order valence-electron chi connectivity index (χ3n) is 3.08. The lowest BCUT2D eigenvalue weighted by Gasteiger charge is -2.09. The van der Waals surface area contributed by atoms with Crippen molar-refractivity contribution in [2.24, 2.45) is 0 Å². The molecule has 0 aliphatic carbocycles. The molecule has 0 aliphatic rings. The van der Waals surface area contributed by atoms with Crippen LogP contribution < -0.4 is 10.1 Å². The number of rotatable bonds is 6. The van der Waals surface area contributed by atoms with Crippen molar-refractivity contribution < 1.29 is 4.74 Å². The smallest absolute Gasteiger partial charge is 0.223 e. The molecule has 0 atom stereocenters. The van der Waals surface area contributed by atoms with E-state index in [1.807, 2.05) is 38.1 Å². The van der Waals surface area contributed by atoms with Gasteiger partial charge in [-0.05, 0) is 44.4 Å². The van der Waals surface area contributed by atoms with Crippen molar-refractivity contribution in [2.45, 2.75) is 26.7 Å². The van der Waals surface area contributed by atoms with Crippen LogP contribution in [0.1, 0.15) is 23.4 Å². The number of hydrogen-bond acceptors (Lipinski definition) is 4. The summed E-state index contributed by atoms with van der Waals surface area (Å²) < 4.78 is 5.35. The maximum Gasteiger partial charge on any atom is 0.223 e. The van der Waals surface area contributed by atoms with Crippen LogP contribution in [-0.2, 0) is 6.42 Å². The average Bonchev–Trinajstić information content (AvgIpc) is 2.43. The molecule has 0 fully saturated rings. The number of nitrogens with zero attached hydrogens (tertiary/aromatic N) is 2. The van der Waals surface area contributed by atoms with Crippen molar-refractivity contribution in [1.29, 1.82) is 0 Å². The molecule has 0 aliphatic heterocycles. The van der Waals surface area contributed by atoms with Gasteiger partial charge in [-0.25, -0.2) is 9.97 Å². The van der Waals surface area contributed by atoms with Crippen LogP contribution in [0, 0.1) is 13.8 Å². The molecule has 0 spiro atoms. The van der Waals surface area contributed by atoms with Crippen molar-refractivity contribution in [3.05, 3.63) is 47.3 Å². The Bertz CT molecular complexity index is 549. The Morgan fingerprint density at radius 2 is 1.80 bits per heavy atom. The highest BCUT2D eigenvalue weighted by Crippen LogP contribution is 2.18. The zero-order valence-electron chi connectivity index (χ0n) is 12.3. The number of ether oxygens (including phenoxy) is 1. The fraction of sp³-hybridized carbons (Fsp3) is 0.375. The summed E-state index contributed by atoms with van der Waals surface area (Å²) in [5.74, 6) is 1.66. The minimum Gasteiger partial charge on any atom is -0.496 e. The first-order valence-electron chi connectivity index (χ1n) is 6.87. The number of anilines is 1. The van der Waals surface area contributed by atoms with E-state index in [-0.39, 0.29) is 0 Å². The van der Waals surface area contributed by atoms with E-state index >= 15 is 0 Å². The van der Waals surface area contributed by atoms with Gasteiger partial charge in [0.15, 0.2) is 0 Å². The number of methoxy groups -OCH3 is 1. The van der Waals surface area contributed by atoms with Crippen molar-refractivity contribution in [2.75, 3.05) is 19.0 Å². The van der Waals surface area contributed by atoms with Crippen molar-refractivity contribution in [3.8, 4) is 5.75 Å². The normalized spacial score (nSPS) is 10.3. The summed E-state index contributed by atoms with van der Waals surface area (Å²) >= 11 is 0. The predicted molar refractivity (Wildman–Crippen MR) is 81.3 cm³/mol. The van der Waals surface area contributed by atoms with Crippen LogP contribution in [-0.4, -0.2) is 23.6 Å². The quantitative estimate of drug-likeness (QED) is 0.820. The van der Waals surface area contributed by atoms with Gasteiger partial charge in [-0.3, -0.25) is 0 Å². The van der Waals surface area contributed by atoms with E-state index in [4.69, 9.17) is 4.74 Å². The molecular weight excluding hydrogens is 250 g/mol. The maximum atomic E-state index is 5.35. The largest absolute Gasteiger partial charge is 0.496 e. The molecule has 0 radical (unpaired) electrons. The molecule has 0 saturated heterocycles. The number of para-hydroxylation sites is 1. The van der Waals surface area contributed by atoms with Crippen molar-refractivity contribution >= 4 is 5.95 Å². The third kappa shape index (κ3) is 3.95. The lowest BCUT2D eigenvalue weighted by atomic mass is 10.1. The second-order valence-corrected chi connectivity index (χ2v) is 4.82. The van der Waals surface area contributed by atoms with Gasteiger partial charge in [0.05, 0.1) is 7.11 Å². The van der Waals surface area contributed by atoms with Crippen LogP contribution in [0.15, 0.2) is 30.3 Å². The Hall–Kier alpha value is -2.10. The Morgan fingerprint density at radius 1 is 1.10 bits per heavy atom. The highest BCUT2D eigenvalue weighted by atomic mass is 16.5. The van der Waals surface area contributed by atoms with Gasteiger partial charge in [-0.2, -0.15) is 0 Å². The van der Waals surface area contributed by atoms with Crippen LogP contribution in [0.25, 0.3) is 0 Å². The van der Waals surface area contributed by atoms with Crippen LogP contribution >= 0.6 is 0 Å². The van der Waals surface area contributed by atoms with E-state index in [2.05, 4.69) is 21.4 Å². The van der Waals surface area contributed by atoms with Gasteiger partial charge in [0.25, 0.3) is 0 Å². The minimum atomic E-state index is 0.711. The van der Waals surface area contributed by atoms with Crippen LogP contribution in [0.5, 0.6) is 5.75 Å². The van der Waals surface area contributed by atoms with Crippen LogP contribution in [0.4, 0.5) is 5.95 Å². The molecule has 4 heteroatoms. The molecule has 20 heavy (non-hydrogen) atoms. The monoisotopic (exact) mass is 271 g/mol. The molecular formula is C16H21N3O. The Kier molecular flexibility index (Phi) is 4.93. The van der Waals surface area contributed by atoms with E-state index in [9.17, 15) is 0 Å². The number of aryl methyl sites for hydroxylation is 3. The summed E-state index contributed by atoms with van der Waals surface area (Å²) in [7, 11) is 1.71. The summed E-state index contributed by atoms with van der Waals surface area (Å²) in [4.78, 5) is 8.73. The van der Waals surface area contributed by atoms with Gasteiger partial charge in [-0.15, -0.1) is 0 Å². The second kappa shape index (κ2) is 6.89. The molecule has 4 nitrogen and oxygen atoms in total. The summed E-state index contributed by atoms with van der Waals surface area (Å²) in [5.41, 5.74) is 3.22. The molecule has 1 aromatic carbocycles. The van der Waals surface area contributed by atoms with Crippen LogP contribution in [0.2, 0.25) is 0 Å². The standard InChI is InChI=1S/C16H21N3O/c1-12-11-13(2)19-16(18-12)17-10-6-8-14-7-4-5-9-15(14)20-3/h4-5,7,9,11H,6,8,10H2,1-3H3,(H,17,18,19). The molecule has 0 unspecified atom stereocenters. The van der Waals surface area contributed by atoms with Crippen LogP contribution in [0.3, 0.4) is 0 Å². The maximum absolute atomic E-state index is 5.35. The first kappa shape index (κ1) is 14.3.